The van der Waals surface area contributed by atoms with Gasteiger partial charge >= 0.3 is 5.97 Å². The topological polar surface area (TPSA) is 124 Å². The highest BCUT2D eigenvalue weighted by atomic mass is 16.5. The second-order valence-corrected chi connectivity index (χ2v) is 13.9. The predicted octanol–water partition coefficient (Wildman–Crippen LogP) is 4.50. The van der Waals surface area contributed by atoms with E-state index in [1.807, 2.05) is 63.2 Å². The zero-order valence-electron chi connectivity index (χ0n) is 27.3. The molecule has 45 heavy (non-hydrogen) atoms. The standard InChI is InChI=1S/C36H48N4O5/c1-22-7-12-31-35(3,14-13-32(43)36(31,4)21-41)28(22)19-29(39-23(2)30(42)20-33-37-15-16-38-33)27-18-26(45-34(27)44)17-24-8-10-25(11-9-24)40(5)6/h8-11,15,17-18,23,28-29,31-32,39,41,43H,1,7,12-14,16,19-21H2,2-6H3/b26-17+/t23?,28?,29?,31?,32-,35+,36-/m0/s1. The van der Waals surface area contributed by atoms with Gasteiger partial charge < -0.3 is 25.2 Å². The van der Waals surface area contributed by atoms with Crippen molar-refractivity contribution < 1.29 is 24.5 Å². The summed E-state index contributed by atoms with van der Waals surface area (Å²) in [6.07, 6.45) is 8.41. The number of nitrogens with one attached hydrogen (secondary N) is 1. The monoisotopic (exact) mass is 616 g/mol. The third-order valence-corrected chi connectivity index (χ3v) is 10.9. The molecule has 2 fully saturated rings. The fourth-order valence-corrected chi connectivity index (χ4v) is 8.05. The van der Waals surface area contributed by atoms with Crippen molar-refractivity contribution in [2.45, 2.75) is 77.5 Å². The molecule has 0 radical (unpaired) electrons. The number of aliphatic imine (C=N–C) groups is 2. The second kappa shape index (κ2) is 13.1. The quantitative estimate of drug-likeness (QED) is 0.247. The molecule has 2 heterocycles. The number of fused-ring (bicyclic) bond motifs is 1. The molecular formula is C36H48N4O5. The zero-order chi connectivity index (χ0) is 32.5. The fourth-order valence-electron chi connectivity index (χ4n) is 8.05. The smallest absolute Gasteiger partial charge is 0.341 e. The Kier molecular flexibility index (Phi) is 9.63. The van der Waals surface area contributed by atoms with Crippen LogP contribution in [0.25, 0.3) is 6.08 Å². The molecule has 9 nitrogen and oxygen atoms in total. The van der Waals surface area contributed by atoms with E-state index in [9.17, 15) is 19.8 Å². The molecule has 4 aliphatic rings. The maximum atomic E-state index is 13.5. The highest BCUT2D eigenvalue weighted by Crippen LogP contribution is 2.62. The summed E-state index contributed by atoms with van der Waals surface area (Å²) in [5.41, 5.74) is 2.69. The lowest BCUT2D eigenvalue weighted by atomic mass is 9.46. The Hall–Kier alpha value is -3.40. The maximum absolute atomic E-state index is 13.5. The maximum Gasteiger partial charge on any atom is 0.341 e. The fraction of sp³-hybridized carbons (Fsp3) is 0.556. The van der Waals surface area contributed by atoms with E-state index in [-0.39, 0.29) is 36.1 Å². The Balaban J connectivity index is 1.46. The van der Waals surface area contributed by atoms with Crippen LogP contribution in [0.1, 0.15) is 64.9 Å². The van der Waals surface area contributed by atoms with Crippen molar-refractivity contribution in [3.05, 3.63) is 59.4 Å². The predicted molar refractivity (Wildman–Crippen MR) is 178 cm³/mol. The van der Waals surface area contributed by atoms with E-state index in [2.05, 4.69) is 28.8 Å². The first-order valence-corrected chi connectivity index (χ1v) is 16.1. The van der Waals surface area contributed by atoms with Gasteiger partial charge in [0.2, 0.25) is 0 Å². The largest absolute Gasteiger partial charge is 0.423 e. The van der Waals surface area contributed by atoms with Crippen LogP contribution in [0.15, 0.2) is 63.8 Å². The van der Waals surface area contributed by atoms with Crippen molar-refractivity contribution in [2.24, 2.45) is 32.7 Å². The molecule has 0 spiro atoms. The minimum atomic E-state index is -0.621. The van der Waals surface area contributed by atoms with Crippen LogP contribution in [-0.4, -0.2) is 79.5 Å². The van der Waals surface area contributed by atoms with E-state index < -0.39 is 29.6 Å². The number of cyclic esters (lactones) is 1. The van der Waals surface area contributed by atoms with Gasteiger partial charge in [-0.2, -0.15) is 0 Å². The lowest BCUT2D eigenvalue weighted by Gasteiger charge is -2.60. The van der Waals surface area contributed by atoms with Crippen LogP contribution in [0.4, 0.5) is 5.69 Å². The van der Waals surface area contributed by atoms with E-state index in [1.54, 1.807) is 12.3 Å². The van der Waals surface area contributed by atoms with Gasteiger partial charge in [0.25, 0.3) is 0 Å². The third-order valence-electron chi connectivity index (χ3n) is 10.9. The Morgan fingerprint density at radius 1 is 1.24 bits per heavy atom. The molecule has 7 atom stereocenters. The summed E-state index contributed by atoms with van der Waals surface area (Å²) in [6.45, 7) is 11.0. The number of ketones is 1. The van der Waals surface area contributed by atoms with Crippen LogP contribution in [0.3, 0.4) is 0 Å². The molecule has 1 aromatic rings. The summed E-state index contributed by atoms with van der Waals surface area (Å²) in [5.74, 6) is 0.566. The van der Waals surface area contributed by atoms with Crippen LogP contribution in [0.5, 0.6) is 0 Å². The Morgan fingerprint density at radius 3 is 2.62 bits per heavy atom. The Morgan fingerprint density at radius 2 is 1.98 bits per heavy atom. The number of benzene rings is 1. The number of rotatable bonds is 11. The van der Waals surface area contributed by atoms with Gasteiger partial charge in [-0.25, -0.2) is 9.79 Å². The van der Waals surface area contributed by atoms with Crippen LogP contribution >= 0.6 is 0 Å². The molecule has 2 aliphatic heterocycles. The van der Waals surface area contributed by atoms with Crippen molar-refractivity contribution in [1.29, 1.82) is 0 Å². The third kappa shape index (κ3) is 6.62. The van der Waals surface area contributed by atoms with Crippen molar-refractivity contribution in [2.75, 3.05) is 32.1 Å². The van der Waals surface area contributed by atoms with E-state index in [0.717, 1.165) is 36.1 Å². The molecule has 5 rings (SSSR count). The number of anilines is 1. The number of aliphatic hydroxyl groups is 2. The van der Waals surface area contributed by atoms with Gasteiger partial charge in [0, 0.05) is 37.5 Å². The zero-order valence-corrected chi connectivity index (χ0v) is 27.3. The van der Waals surface area contributed by atoms with Gasteiger partial charge in [0.1, 0.15) is 11.6 Å². The lowest BCUT2D eigenvalue weighted by molar-refractivity contribution is -0.153. The number of carbonyl (C=O) groups is 2. The first-order valence-electron chi connectivity index (χ1n) is 16.1. The summed E-state index contributed by atoms with van der Waals surface area (Å²) >= 11 is 0. The number of ether oxygens (including phenoxy) is 1. The summed E-state index contributed by atoms with van der Waals surface area (Å²) in [6, 6.07) is 6.93. The molecule has 3 N–H and O–H groups in total. The molecule has 2 saturated carbocycles. The molecular weight excluding hydrogens is 568 g/mol. The van der Waals surface area contributed by atoms with Gasteiger partial charge in [-0.15, -0.1) is 0 Å². The molecule has 242 valence electrons. The van der Waals surface area contributed by atoms with Gasteiger partial charge in [-0.3, -0.25) is 9.79 Å². The molecule has 1 aromatic carbocycles. The summed E-state index contributed by atoms with van der Waals surface area (Å²) in [7, 11) is 3.97. The summed E-state index contributed by atoms with van der Waals surface area (Å²) < 4.78 is 5.77. The first-order chi connectivity index (χ1) is 21.4. The number of nitrogens with zero attached hydrogens (tertiary/aromatic N) is 3. The molecule has 0 saturated heterocycles. The molecule has 2 aliphatic carbocycles. The number of carbonyl (C=O) groups excluding carboxylic acids is 2. The van der Waals surface area contributed by atoms with Crippen molar-refractivity contribution in [1.82, 2.24) is 5.32 Å². The van der Waals surface area contributed by atoms with E-state index >= 15 is 0 Å². The highest BCUT2D eigenvalue weighted by molar-refractivity contribution is 6.07. The number of amidine groups is 1. The number of allylic oxidation sites excluding steroid dienone is 2. The Labute approximate surface area is 266 Å². The average Bonchev–Trinajstić information content (AvgIpc) is 3.65. The highest BCUT2D eigenvalue weighted by Gasteiger charge is 2.58. The lowest BCUT2D eigenvalue weighted by Crippen LogP contribution is -2.58. The van der Waals surface area contributed by atoms with Gasteiger partial charge in [0.05, 0.1) is 37.3 Å². The number of hydrogen-bond donors (Lipinski definition) is 3. The SMILES string of the molecule is C=C1CCC2[C@](C)(CC[C@H](O)[C@@]2(C)CO)C1CC(NC(C)C(=O)CC1=NCC=N1)C1=C/C(=C\c2ccc(N(C)C)cc2)OC1=O. The molecule has 0 bridgehead atoms. The van der Waals surface area contributed by atoms with Crippen molar-refractivity contribution in [3.8, 4) is 0 Å². The second-order valence-electron chi connectivity index (χ2n) is 13.9. The van der Waals surface area contributed by atoms with Gasteiger partial charge in [0.15, 0.2) is 5.78 Å². The number of aliphatic hydroxyl groups excluding tert-OH is 2. The molecule has 9 heteroatoms. The molecule has 0 aromatic heterocycles. The van der Waals surface area contributed by atoms with Crippen LogP contribution < -0.4 is 10.2 Å². The number of hydrogen-bond acceptors (Lipinski definition) is 9. The van der Waals surface area contributed by atoms with Crippen molar-refractivity contribution in [3.63, 3.8) is 0 Å². The normalized spacial score (nSPS) is 31.7. The minimum absolute atomic E-state index is 0.00135. The van der Waals surface area contributed by atoms with E-state index in [4.69, 9.17) is 4.74 Å². The van der Waals surface area contributed by atoms with Crippen LogP contribution in [0, 0.1) is 22.7 Å². The Bertz CT molecular complexity index is 1440. The minimum Gasteiger partial charge on any atom is -0.423 e. The summed E-state index contributed by atoms with van der Waals surface area (Å²) in [5, 5.41) is 24.9. The van der Waals surface area contributed by atoms with E-state index in [1.165, 1.54) is 0 Å². The molecule has 0 amide bonds. The van der Waals surface area contributed by atoms with Gasteiger partial charge in [-0.1, -0.05) is 38.1 Å². The molecule has 4 unspecified atom stereocenters. The number of Topliss-reactive ketones (excluding diaryl/α,β-unsaturated/α-hetero) is 1. The number of esters is 1. The van der Waals surface area contributed by atoms with E-state index in [0.29, 0.717) is 36.6 Å². The van der Waals surface area contributed by atoms with Crippen molar-refractivity contribution >= 4 is 35.6 Å². The van der Waals surface area contributed by atoms with Gasteiger partial charge in [-0.05, 0) is 86.1 Å². The first kappa shape index (κ1) is 33.0. The average molecular weight is 617 g/mol. The van der Waals surface area contributed by atoms with Crippen LogP contribution in [-0.2, 0) is 14.3 Å². The van der Waals surface area contributed by atoms with Crippen LogP contribution in [0.2, 0.25) is 0 Å². The summed E-state index contributed by atoms with van der Waals surface area (Å²) in [4.78, 5) is 37.3.